The van der Waals surface area contributed by atoms with Gasteiger partial charge in [-0.25, -0.2) is 0 Å². The van der Waals surface area contributed by atoms with Crippen molar-refractivity contribution in [2.45, 2.75) is 53.2 Å². The van der Waals surface area contributed by atoms with Crippen molar-refractivity contribution in [3.8, 4) is 0 Å². The molecule has 0 unspecified atom stereocenters. The van der Waals surface area contributed by atoms with Gasteiger partial charge in [-0.15, -0.1) is 0 Å². The van der Waals surface area contributed by atoms with Gasteiger partial charge in [0, 0.05) is 0 Å². The molecule has 14 heavy (non-hydrogen) atoms. The first kappa shape index (κ1) is 13.8. The topological polar surface area (TPSA) is 3.24 Å². The zero-order valence-electron chi connectivity index (χ0n) is 10.9. The van der Waals surface area contributed by atoms with Crippen molar-refractivity contribution in [2.24, 2.45) is 0 Å². The van der Waals surface area contributed by atoms with Gasteiger partial charge in [-0.3, -0.25) is 0 Å². The summed E-state index contributed by atoms with van der Waals surface area (Å²) in [6.07, 6.45) is 4.91. The van der Waals surface area contributed by atoms with Crippen LogP contribution in [0.1, 0.15) is 40.5 Å². The Morgan fingerprint density at radius 1 is 1.07 bits per heavy atom. The fourth-order valence-corrected chi connectivity index (χ4v) is 2.04. The molecule has 0 aliphatic rings. The first-order valence-electron chi connectivity index (χ1n) is 5.90. The zero-order chi connectivity index (χ0) is 11.1. The van der Waals surface area contributed by atoms with E-state index < -0.39 is 0 Å². The van der Waals surface area contributed by atoms with Gasteiger partial charge in [-0.2, -0.15) is 0 Å². The monoisotopic (exact) mass is 195 g/mol. The van der Waals surface area contributed by atoms with Gasteiger partial charge in [0.05, 0.1) is 0 Å². The molecule has 1 nitrogen and oxygen atoms in total. The quantitative estimate of drug-likeness (QED) is 0.461. The predicted octanol–water partition coefficient (Wildman–Crippen LogP) is 3.70. The second-order valence-corrected chi connectivity index (χ2v) is 4.32. The van der Waals surface area contributed by atoms with Crippen molar-refractivity contribution in [2.75, 3.05) is 14.1 Å². The second kappa shape index (κ2) is 7.11. The summed E-state index contributed by atoms with van der Waals surface area (Å²) in [6, 6.07) is 0. The van der Waals surface area contributed by atoms with E-state index in [1.54, 1.807) is 11.1 Å². The molecule has 0 saturated carbocycles. The molecule has 0 amide bonds. The van der Waals surface area contributed by atoms with E-state index in [1.165, 1.54) is 25.5 Å². The molecular formula is C12H26BN. The molecular weight excluding hydrogens is 169 g/mol. The van der Waals surface area contributed by atoms with E-state index in [0.29, 0.717) is 6.85 Å². The first-order valence-corrected chi connectivity index (χ1v) is 5.90. The molecule has 0 rings (SSSR count). The Kier molecular flexibility index (Phi) is 6.99. The fraction of sp³-hybridized carbons (Fsp3) is 0.833. The number of allylic oxidation sites excluding steroid dienone is 2. The molecule has 0 spiro atoms. The molecule has 0 aliphatic carbocycles. The normalized spacial score (nSPS) is 10.5. The molecule has 0 radical (unpaired) electrons. The Labute approximate surface area is 90.7 Å². The highest BCUT2D eigenvalue weighted by Crippen LogP contribution is 2.19. The maximum Gasteiger partial charge on any atom is 0.226 e. The molecule has 0 atom stereocenters. The van der Waals surface area contributed by atoms with E-state index >= 15 is 0 Å². The van der Waals surface area contributed by atoms with Crippen molar-refractivity contribution in [3.05, 3.63) is 11.1 Å². The lowest BCUT2D eigenvalue weighted by atomic mass is 9.53. The summed E-state index contributed by atoms with van der Waals surface area (Å²) in [5.41, 5.74) is 3.25. The second-order valence-electron chi connectivity index (χ2n) is 4.32. The van der Waals surface area contributed by atoms with Crippen LogP contribution in [0.5, 0.6) is 0 Å². The van der Waals surface area contributed by atoms with Gasteiger partial charge in [0.2, 0.25) is 6.85 Å². The first-order chi connectivity index (χ1) is 6.56. The molecule has 2 heteroatoms. The molecule has 82 valence electrons. The van der Waals surface area contributed by atoms with Crippen LogP contribution in [0.2, 0.25) is 12.6 Å². The molecule has 0 heterocycles. The predicted molar refractivity (Wildman–Crippen MR) is 68.0 cm³/mol. The fourth-order valence-electron chi connectivity index (χ4n) is 2.04. The molecule has 0 saturated heterocycles. The minimum atomic E-state index is 0.711. The van der Waals surface area contributed by atoms with Gasteiger partial charge < -0.3 is 4.81 Å². The van der Waals surface area contributed by atoms with E-state index in [1.807, 2.05) is 0 Å². The Bertz CT molecular complexity index is 179. The van der Waals surface area contributed by atoms with Crippen molar-refractivity contribution in [3.63, 3.8) is 0 Å². The molecule has 0 aromatic rings. The van der Waals surface area contributed by atoms with Crippen molar-refractivity contribution < 1.29 is 0 Å². The third-order valence-electron chi connectivity index (χ3n) is 3.20. The van der Waals surface area contributed by atoms with E-state index in [4.69, 9.17) is 0 Å². The Morgan fingerprint density at radius 3 is 1.86 bits per heavy atom. The van der Waals surface area contributed by atoms with Crippen molar-refractivity contribution >= 4 is 6.85 Å². The lowest BCUT2D eigenvalue weighted by Crippen LogP contribution is -2.31. The van der Waals surface area contributed by atoms with Crippen LogP contribution < -0.4 is 0 Å². The Morgan fingerprint density at radius 2 is 1.57 bits per heavy atom. The number of rotatable bonds is 6. The van der Waals surface area contributed by atoms with E-state index in [0.717, 1.165) is 0 Å². The van der Waals surface area contributed by atoms with E-state index in [-0.39, 0.29) is 0 Å². The van der Waals surface area contributed by atoms with Crippen LogP contribution in [0.25, 0.3) is 0 Å². The summed E-state index contributed by atoms with van der Waals surface area (Å²) in [6.45, 7) is 9.81. The van der Waals surface area contributed by atoms with Crippen LogP contribution in [0.4, 0.5) is 0 Å². The third kappa shape index (κ3) is 4.32. The highest BCUT2D eigenvalue weighted by atomic mass is 15.0. The third-order valence-corrected chi connectivity index (χ3v) is 3.20. The van der Waals surface area contributed by atoms with Crippen LogP contribution in [0, 0.1) is 0 Å². The molecule has 0 N–H and O–H groups in total. The summed E-state index contributed by atoms with van der Waals surface area (Å²) in [4.78, 5) is 2.34. The summed E-state index contributed by atoms with van der Waals surface area (Å²) in [5.74, 6) is 0. The van der Waals surface area contributed by atoms with Crippen LogP contribution in [0.15, 0.2) is 11.1 Å². The van der Waals surface area contributed by atoms with E-state index in [2.05, 4.69) is 46.6 Å². The van der Waals surface area contributed by atoms with Gasteiger partial charge in [0.1, 0.15) is 0 Å². The van der Waals surface area contributed by atoms with Crippen LogP contribution in [-0.4, -0.2) is 25.8 Å². The molecule has 0 aliphatic heterocycles. The van der Waals surface area contributed by atoms with Gasteiger partial charge in [0.25, 0.3) is 0 Å². The Hall–Kier alpha value is -0.235. The van der Waals surface area contributed by atoms with Crippen LogP contribution in [-0.2, 0) is 0 Å². The van der Waals surface area contributed by atoms with Gasteiger partial charge in [-0.1, -0.05) is 38.2 Å². The van der Waals surface area contributed by atoms with Gasteiger partial charge in [-0.05, 0) is 40.2 Å². The van der Waals surface area contributed by atoms with Gasteiger partial charge >= 0.3 is 0 Å². The average Bonchev–Trinajstić information content (AvgIpc) is 2.15. The average molecular weight is 195 g/mol. The minimum Gasteiger partial charge on any atom is -0.347 e. The van der Waals surface area contributed by atoms with Gasteiger partial charge in [0.15, 0.2) is 0 Å². The lowest BCUT2D eigenvalue weighted by Gasteiger charge is -2.20. The summed E-state index contributed by atoms with van der Waals surface area (Å²) >= 11 is 0. The largest absolute Gasteiger partial charge is 0.347 e. The summed E-state index contributed by atoms with van der Waals surface area (Å²) < 4.78 is 0. The van der Waals surface area contributed by atoms with Crippen molar-refractivity contribution in [1.82, 2.24) is 4.81 Å². The standard InChI is InChI=1S/C12H26BN/c1-7-12(8-2)11(4)10-13(9-3)14(5)6/h7-10H2,1-6H3. The SMILES string of the molecule is CCB(CC(C)=C(CC)CC)N(C)C. The highest BCUT2D eigenvalue weighted by molar-refractivity contribution is 6.56. The molecule has 0 aromatic carbocycles. The maximum atomic E-state index is 2.34. The van der Waals surface area contributed by atoms with Crippen LogP contribution in [0.3, 0.4) is 0 Å². The number of nitrogens with zero attached hydrogens (tertiary/aromatic N) is 1. The lowest BCUT2D eigenvalue weighted by molar-refractivity contribution is 0.634. The smallest absolute Gasteiger partial charge is 0.226 e. The van der Waals surface area contributed by atoms with Crippen LogP contribution >= 0.6 is 0 Å². The number of hydrogen-bond donors (Lipinski definition) is 0. The summed E-state index contributed by atoms with van der Waals surface area (Å²) in [7, 11) is 4.36. The van der Waals surface area contributed by atoms with E-state index in [9.17, 15) is 0 Å². The maximum absolute atomic E-state index is 2.34. The van der Waals surface area contributed by atoms with Crippen molar-refractivity contribution in [1.29, 1.82) is 0 Å². The highest BCUT2D eigenvalue weighted by Gasteiger charge is 2.15. The molecule has 0 fully saturated rings. The summed E-state index contributed by atoms with van der Waals surface area (Å²) in [5, 5.41) is 0. The molecule has 0 aromatic heterocycles. The molecule has 0 bridgehead atoms. The zero-order valence-corrected chi connectivity index (χ0v) is 10.9. The number of hydrogen-bond acceptors (Lipinski definition) is 1. The minimum absolute atomic E-state index is 0.711. The Balaban J connectivity index is 4.40.